The lowest BCUT2D eigenvalue weighted by Crippen LogP contribution is -2.25. The first-order chi connectivity index (χ1) is 13.8. The Kier molecular flexibility index (Phi) is 5.92. The van der Waals surface area contributed by atoms with Gasteiger partial charge in [0.25, 0.3) is 11.1 Å². The molecule has 0 aromatic carbocycles. The average Bonchev–Trinajstić information content (AvgIpc) is 3.01. The van der Waals surface area contributed by atoms with Crippen LogP contribution in [0, 0.1) is 6.92 Å². The third-order valence-corrected chi connectivity index (χ3v) is 5.34. The first-order valence-corrected chi connectivity index (χ1v) is 9.68. The van der Waals surface area contributed by atoms with Crippen LogP contribution in [0.1, 0.15) is 41.0 Å². The van der Waals surface area contributed by atoms with E-state index in [1.54, 1.807) is 32.9 Å². The molecule has 9 nitrogen and oxygen atoms in total. The zero-order chi connectivity index (χ0) is 21.1. The fraction of sp³-hybridized carbons (Fsp3) is 0.316. The molecule has 3 aromatic heterocycles. The number of hydrogen-bond acceptors (Lipinski definition) is 8. The van der Waals surface area contributed by atoms with Gasteiger partial charge in [-0.2, -0.15) is 0 Å². The molecule has 0 amide bonds. The summed E-state index contributed by atoms with van der Waals surface area (Å²) < 4.78 is 11.5. The summed E-state index contributed by atoms with van der Waals surface area (Å²) in [5, 5.41) is 0.302. The maximum Gasteiger partial charge on any atom is 0.348 e. The molecular formula is C19H19N3O6S. The summed E-state index contributed by atoms with van der Waals surface area (Å²) >= 11 is 1.05. The molecule has 0 aliphatic heterocycles. The van der Waals surface area contributed by atoms with Crippen LogP contribution in [-0.2, 0) is 20.8 Å². The number of carbonyl (C=O) groups excluding carboxylic acids is 2. The largest absolute Gasteiger partial charge is 0.462 e. The normalized spacial score (nSPS) is 12.0. The van der Waals surface area contributed by atoms with Gasteiger partial charge in [0.2, 0.25) is 0 Å². The topological polar surface area (TPSA) is 120 Å². The summed E-state index contributed by atoms with van der Waals surface area (Å²) in [6.45, 7) is 4.87. The zero-order valence-corrected chi connectivity index (χ0v) is 16.9. The van der Waals surface area contributed by atoms with Gasteiger partial charge in [-0.25, -0.2) is 9.78 Å². The van der Waals surface area contributed by atoms with Gasteiger partial charge in [-0.3, -0.25) is 14.4 Å². The van der Waals surface area contributed by atoms with Crippen molar-refractivity contribution in [3.63, 3.8) is 0 Å². The molecule has 0 fully saturated rings. The number of nitrogens with zero attached hydrogens (tertiary/aromatic N) is 2. The second-order valence-corrected chi connectivity index (χ2v) is 7.21. The maximum absolute atomic E-state index is 12.5. The minimum Gasteiger partial charge on any atom is -0.462 e. The van der Waals surface area contributed by atoms with Crippen LogP contribution >= 0.6 is 11.3 Å². The van der Waals surface area contributed by atoms with E-state index in [0.717, 1.165) is 11.3 Å². The van der Waals surface area contributed by atoms with Gasteiger partial charge in [-0.1, -0.05) is 6.07 Å². The number of pyridine rings is 1. The van der Waals surface area contributed by atoms with E-state index in [-0.39, 0.29) is 24.5 Å². The quantitative estimate of drug-likeness (QED) is 0.609. The Bertz CT molecular complexity index is 1190. The Labute approximate surface area is 168 Å². The van der Waals surface area contributed by atoms with E-state index in [9.17, 15) is 19.2 Å². The Morgan fingerprint density at radius 2 is 2.07 bits per heavy atom. The van der Waals surface area contributed by atoms with Gasteiger partial charge in [0.1, 0.15) is 16.3 Å². The summed E-state index contributed by atoms with van der Waals surface area (Å²) in [4.78, 5) is 56.0. The first kappa shape index (κ1) is 20.5. The molecule has 0 spiro atoms. The first-order valence-electron chi connectivity index (χ1n) is 8.87. The lowest BCUT2D eigenvalue weighted by molar-refractivity contribution is -0.149. The van der Waals surface area contributed by atoms with Crippen molar-refractivity contribution in [3.8, 4) is 0 Å². The van der Waals surface area contributed by atoms with Gasteiger partial charge in [-0.15, -0.1) is 11.3 Å². The van der Waals surface area contributed by atoms with E-state index < -0.39 is 23.6 Å². The smallest absolute Gasteiger partial charge is 0.348 e. The number of aryl methyl sites for hydroxylation is 1. The molecule has 3 heterocycles. The molecule has 3 aromatic rings. The molecule has 0 bridgehead atoms. The van der Waals surface area contributed by atoms with Crippen LogP contribution in [0.4, 0.5) is 0 Å². The van der Waals surface area contributed by atoms with Crippen molar-refractivity contribution in [2.24, 2.45) is 0 Å². The number of rotatable bonds is 6. The van der Waals surface area contributed by atoms with Gasteiger partial charge in [0.15, 0.2) is 11.9 Å². The lowest BCUT2D eigenvalue weighted by atomic mass is 10.2. The standard InChI is InChI=1S/C19H19N3O6S/c1-4-27-19(26)15-10(2)14-17(25)20-16(21-18(14)29-15)11(3)28-13(24)9-22-8-6-5-7-12(22)23/h5-8,11H,4,9H2,1-3H3,(H,20,21,25)/t11-/m1/s1. The highest BCUT2D eigenvalue weighted by molar-refractivity contribution is 7.20. The van der Waals surface area contributed by atoms with Crippen molar-refractivity contribution in [2.75, 3.05) is 6.61 Å². The molecule has 0 saturated carbocycles. The predicted molar refractivity (Wildman–Crippen MR) is 106 cm³/mol. The number of aromatic nitrogens is 3. The molecule has 0 saturated heterocycles. The molecular weight excluding hydrogens is 398 g/mol. The van der Waals surface area contributed by atoms with Crippen molar-refractivity contribution >= 4 is 33.5 Å². The summed E-state index contributed by atoms with van der Waals surface area (Å²) in [7, 11) is 0. The number of hydrogen-bond donors (Lipinski definition) is 1. The van der Waals surface area contributed by atoms with Crippen LogP contribution in [0.15, 0.2) is 34.0 Å². The summed E-state index contributed by atoms with van der Waals surface area (Å²) in [6, 6.07) is 4.54. The minimum absolute atomic E-state index is 0.146. The van der Waals surface area contributed by atoms with Crippen LogP contribution < -0.4 is 11.1 Å². The number of carbonyl (C=O) groups is 2. The summed E-state index contributed by atoms with van der Waals surface area (Å²) in [5.41, 5.74) is -0.265. The van der Waals surface area contributed by atoms with E-state index in [2.05, 4.69) is 9.97 Å². The molecule has 29 heavy (non-hydrogen) atoms. The minimum atomic E-state index is -0.854. The van der Waals surface area contributed by atoms with E-state index >= 15 is 0 Å². The average molecular weight is 417 g/mol. The molecule has 0 unspecified atom stereocenters. The molecule has 0 radical (unpaired) electrons. The molecule has 10 heteroatoms. The Morgan fingerprint density at radius 3 is 2.76 bits per heavy atom. The zero-order valence-electron chi connectivity index (χ0n) is 16.1. The molecule has 0 aliphatic carbocycles. The summed E-state index contributed by atoms with van der Waals surface area (Å²) in [5.74, 6) is -1.02. The third kappa shape index (κ3) is 4.27. The van der Waals surface area contributed by atoms with Crippen LogP contribution in [0.3, 0.4) is 0 Å². The van der Waals surface area contributed by atoms with Crippen LogP contribution in [0.25, 0.3) is 10.2 Å². The molecule has 1 atom stereocenters. The fourth-order valence-corrected chi connectivity index (χ4v) is 3.85. The highest BCUT2D eigenvalue weighted by atomic mass is 32.1. The van der Waals surface area contributed by atoms with Gasteiger partial charge < -0.3 is 19.0 Å². The van der Waals surface area contributed by atoms with Crippen molar-refractivity contribution < 1.29 is 19.1 Å². The summed E-state index contributed by atoms with van der Waals surface area (Å²) in [6.07, 6.45) is 0.624. The molecule has 3 rings (SSSR count). The number of thiophene rings is 1. The number of nitrogens with one attached hydrogen (secondary N) is 1. The molecule has 1 N–H and O–H groups in total. The maximum atomic E-state index is 12.5. The van der Waals surface area contributed by atoms with Crippen LogP contribution in [0.2, 0.25) is 0 Å². The monoisotopic (exact) mass is 417 g/mol. The Morgan fingerprint density at radius 1 is 1.31 bits per heavy atom. The van der Waals surface area contributed by atoms with Crippen molar-refractivity contribution in [2.45, 2.75) is 33.4 Å². The van der Waals surface area contributed by atoms with Crippen molar-refractivity contribution in [1.29, 1.82) is 0 Å². The molecule has 152 valence electrons. The highest BCUT2D eigenvalue weighted by Gasteiger charge is 2.22. The number of fused-ring (bicyclic) bond motifs is 1. The van der Waals surface area contributed by atoms with E-state index in [1.807, 2.05) is 0 Å². The lowest BCUT2D eigenvalue weighted by Gasteiger charge is -2.13. The highest BCUT2D eigenvalue weighted by Crippen LogP contribution is 2.28. The Balaban J connectivity index is 1.84. The van der Waals surface area contributed by atoms with Crippen molar-refractivity contribution in [3.05, 3.63) is 61.4 Å². The Hall–Kier alpha value is -3.27. The number of H-pyrrole nitrogens is 1. The second kappa shape index (κ2) is 8.39. The number of esters is 2. The number of aromatic amines is 1. The SMILES string of the molecule is CCOC(=O)c1sc2nc([C@@H](C)OC(=O)Cn3ccccc3=O)[nH]c(=O)c2c1C. The van der Waals surface area contributed by atoms with Crippen LogP contribution in [0.5, 0.6) is 0 Å². The number of ether oxygens (including phenoxy) is 2. The van der Waals surface area contributed by atoms with E-state index in [1.165, 1.54) is 16.8 Å². The van der Waals surface area contributed by atoms with Crippen molar-refractivity contribution in [1.82, 2.24) is 14.5 Å². The van der Waals surface area contributed by atoms with Gasteiger partial charge in [0, 0.05) is 12.3 Å². The van der Waals surface area contributed by atoms with Gasteiger partial charge in [-0.05, 0) is 32.4 Å². The van der Waals surface area contributed by atoms with E-state index in [4.69, 9.17) is 9.47 Å². The van der Waals surface area contributed by atoms with E-state index in [0.29, 0.717) is 20.7 Å². The van der Waals surface area contributed by atoms with Gasteiger partial charge in [0.05, 0.1) is 12.0 Å². The fourth-order valence-electron chi connectivity index (χ4n) is 2.77. The second-order valence-electron chi connectivity index (χ2n) is 6.21. The van der Waals surface area contributed by atoms with Crippen LogP contribution in [-0.4, -0.2) is 33.1 Å². The van der Waals surface area contributed by atoms with Gasteiger partial charge >= 0.3 is 11.9 Å². The molecule has 0 aliphatic rings. The third-order valence-electron chi connectivity index (χ3n) is 4.17. The predicted octanol–water partition coefficient (Wildman–Crippen LogP) is 1.94.